The Morgan fingerprint density at radius 2 is 1.57 bits per heavy atom. The molecule has 0 spiro atoms. The van der Waals surface area contributed by atoms with Crippen molar-refractivity contribution in [3.05, 3.63) is 6.33 Å². The van der Waals surface area contributed by atoms with E-state index in [0.717, 1.165) is 0 Å². The van der Waals surface area contributed by atoms with Crippen molar-refractivity contribution < 1.29 is 17.7 Å². The molecule has 0 saturated carbocycles. The van der Waals surface area contributed by atoms with E-state index in [4.69, 9.17) is 41.8 Å². The monoisotopic (exact) mass is 540 g/mol. The van der Waals surface area contributed by atoms with E-state index in [-0.39, 0.29) is 51.4 Å². The third-order valence-electron chi connectivity index (χ3n) is 7.38. The highest BCUT2D eigenvalue weighted by Crippen LogP contribution is 2.49. The van der Waals surface area contributed by atoms with Gasteiger partial charge in [0.1, 0.15) is 11.6 Å². The first kappa shape index (κ1) is 26.8. The first-order chi connectivity index (χ1) is 16.3. The van der Waals surface area contributed by atoms with Crippen LogP contribution >= 0.6 is 12.6 Å². The van der Waals surface area contributed by atoms with Crippen LogP contribution in [0.4, 0.5) is 11.8 Å². The van der Waals surface area contributed by atoms with Crippen LogP contribution in [0.3, 0.4) is 0 Å². The maximum atomic E-state index is 7.27. The van der Waals surface area contributed by atoms with Gasteiger partial charge < -0.3 is 29.2 Å². The van der Waals surface area contributed by atoms with Crippen LogP contribution in [0.15, 0.2) is 6.33 Å². The quantitative estimate of drug-likeness (QED) is 0.378. The summed E-state index contributed by atoms with van der Waals surface area (Å²) in [5, 5.41) is -0.307. The molecule has 4 atom stereocenters. The summed E-state index contributed by atoms with van der Waals surface area (Å²) in [6, 6.07) is 0. The average molecular weight is 541 g/mol. The molecule has 2 aromatic heterocycles. The lowest BCUT2D eigenvalue weighted by atomic mass is 10.2. The molecule has 2 aliphatic heterocycles. The highest BCUT2D eigenvalue weighted by molar-refractivity contribution is 7.81. The number of nitrogens with two attached hydrogens (primary N) is 2. The molecule has 0 aromatic carbocycles. The largest absolute Gasteiger partial charge is 0.414 e. The summed E-state index contributed by atoms with van der Waals surface area (Å²) in [5.74, 6) is 0.315. The van der Waals surface area contributed by atoms with Gasteiger partial charge >= 0.3 is 17.1 Å². The fraction of sp³-hybridized carbons (Fsp3) is 0.773. The van der Waals surface area contributed by atoms with E-state index in [9.17, 15) is 0 Å². The first-order valence-electron chi connectivity index (χ1n) is 12.4. The number of rotatable bonds is 5. The first-order valence-corrected chi connectivity index (χ1v) is 16.9. The average Bonchev–Trinajstić information content (AvgIpc) is 3.28. The minimum atomic E-state index is -2.78. The molecule has 0 amide bonds. The van der Waals surface area contributed by atoms with Crippen molar-refractivity contribution in [1.82, 2.24) is 19.5 Å². The number of nitrogens with zero attached hydrogens (tertiary/aromatic N) is 4. The van der Waals surface area contributed by atoms with Crippen molar-refractivity contribution >= 4 is 52.7 Å². The van der Waals surface area contributed by atoms with E-state index in [1.54, 1.807) is 6.33 Å². The van der Waals surface area contributed by atoms with Gasteiger partial charge in [-0.25, -0.2) is 4.98 Å². The maximum Gasteiger partial charge on any atom is 0.335 e. The summed E-state index contributed by atoms with van der Waals surface area (Å²) in [4.78, 5) is 12.8. The summed E-state index contributed by atoms with van der Waals surface area (Å²) >= 11 is 5.01. The Hall–Kier alpha value is -1.23. The maximum absolute atomic E-state index is 7.27. The van der Waals surface area contributed by atoms with Crippen molar-refractivity contribution in [1.29, 1.82) is 0 Å². The lowest BCUT2D eigenvalue weighted by Crippen LogP contribution is -2.65. The molecule has 35 heavy (non-hydrogen) atoms. The molecule has 4 rings (SSSR count). The van der Waals surface area contributed by atoms with Crippen LogP contribution < -0.4 is 11.5 Å². The number of aromatic nitrogens is 4. The zero-order valence-electron chi connectivity index (χ0n) is 21.9. The highest BCUT2D eigenvalue weighted by atomic mass is 32.1. The number of anilines is 2. The second-order valence-electron chi connectivity index (χ2n) is 10.9. The number of ether oxygens (including phenoxy) is 1. The van der Waals surface area contributed by atoms with E-state index in [2.05, 4.69) is 70.3 Å². The Labute approximate surface area is 215 Å². The molecule has 2 aromatic rings. The van der Waals surface area contributed by atoms with Gasteiger partial charge in [0.2, 0.25) is 5.95 Å². The Balaban J connectivity index is 1.78. The Bertz CT molecular complexity index is 1050. The van der Waals surface area contributed by atoms with Crippen molar-refractivity contribution in [2.45, 2.75) is 101 Å². The van der Waals surface area contributed by atoms with Crippen molar-refractivity contribution in [3.63, 3.8) is 0 Å². The van der Waals surface area contributed by atoms with Gasteiger partial charge in [-0.05, 0) is 22.2 Å². The topological polar surface area (TPSA) is 133 Å². The minimum Gasteiger partial charge on any atom is -0.414 e. The fourth-order valence-electron chi connectivity index (χ4n) is 5.51. The standard InChI is InChI=1S/C22H40N6O4SSi2/c1-11(2)34(12(3)4)29-9-15-17(31-35(32-34,13(5)6)14(7)8)18(33)21(30-15)28-10-25-16-19(23)26-22(24)27-20(16)28/h10-15,17-18,21,33H,9H2,1-8H3,(H4,23,24,26,27)/t15-,17-,18+,21-/m1/s1. The van der Waals surface area contributed by atoms with E-state index in [1.165, 1.54) is 0 Å². The predicted octanol–water partition coefficient (Wildman–Crippen LogP) is 4.14. The lowest BCUT2D eigenvalue weighted by Gasteiger charge is -2.51. The Kier molecular flexibility index (Phi) is 7.34. The molecular weight excluding hydrogens is 501 g/mol. The van der Waals surface area contributed by atoms with Gasteiger partial charge in [-0.2, -0.15) is 22.6 Å². The van der Waals surface area contributed by atoms with Crippen molar-refractivity contribution in [2.75, 3.05) is 18.1 Å². The van der Waals surface area contributed by atoms with Gasteiger partial charge in [0, 0.05) is 0 Å². The van der Waals surface area contributed by atoms with E-state index in [1.807, 2.05) is 4.57 Å². The van der Waals surface area contributed by atoms with E-state index >= 15 is 0 Å². The van der Waals surface area contributed by atoms with Crippen molar-refractivity contribution in [2.24, 2.45) is 0 Å². The fourth-order valence-corrected chi connectivity index (χ4v) is 17.3. The van der Waals surface area contributed by atoms with Gasteiger partial charge in [-0.3, -0.25) is 4.57 Å². The summed E-state index contributed by atoms with van der Waals surface area (Å²) < 4.78 is 29.6. The molecule has 4 N–H and O–H groups in total. The van der Waals surface area contributed by atoms with Crippen LogP contribution in [-0.4, -0.2) is 60.7 Å². The van der Waals surface area contributed by atoms with E-state index in [0.29, 0.717) is 17.8 Å². The van der Waals surface area contributed by atoms with Gasteiger partial charge in [0.05, 0.1) is 24.3 Å². The molecule has 0 radical (unpaired) electrons. The molecule has 0 unspecified atom stereocenters. The van der Waals surface area contributed by atoms with Gasteiger partial charge in [-0.15, -0.1) is 0 Å². The predicted molar refractivity (Wildman–Crippen MR) is 145 cm³/mol. The third kappa shape index (κ3) is 4.32. The molecular formula is C22H40N6O4SSi2. The second-order valence-corrected chi connectivity index (χ2v) is 20.3. The van der Waals surface area contributed by atoms with Crippen LogP contribution in [0, 0.1) is 0 Å². The van der Waals surface area contributed by atoms with Crippen LogP contribution in [-0.2, 0) is 17.7 Å². The molecule has 4 heterocycles. The highest BCUT2D eigenvalue weighted by Gasteiger charge is 2.61. The van der Waals surface area contributed by atoms with Gasteiger partial charge in [0.15, 0.2) is 17.7 Å². The van der Waals surface area contributed by atoms with E-state index < -0.39 is 23.3 Å². The number of imidazole rings is 1. The molecule has 0 aliphatic carbocycles. The molecule has 10 nitrogen and oxygen atoms in total. The molecule has 2 aliphatic rings. The summed E-state index contributed by atoms with van der Waals surface area (Å²) in [6.45, 7) is 18.0. The van der Waals surface area contributed by atoms with Gasteiger partial charge in [0.25, 0.3) is 0 Å². The smallest absolute Gasteiger partial charge is 0.335 e. The number of fused-ring (bicyclic) bond motifs is 2. The number of hydrogen-bond donors (Lipinski definition) is 3. The second kappa shape index (κ2) is 9.58. The minimum absolute atomic E-state index is 0.0835. The third-order valence-corrected chi connectivity index (χ3v) is 18.2. The Morgan fingerprint density at radius 1 is 0.971 bits per heavy atom. The van der Waals surface area contributed by atoms with Crippen LogP contribution in [0.2, 0.25) is 22.2 Å². The molecule has 0 bridgehead atoms. The Morgan fingerprint density at radius 3 is 2.14 bits per heavy atom. The summed E-state index contributed by atoms with van der Waals surface area (Å²) in [5.41, 5.74) is 13.9. The normalized spacial score (nSPS) is 28.7. The van der Waals surface area contributed by atoms with Crippen LogP contribution in [0.1, 0.15) is 61.6 Å². The van der Waals surface area contributed by atoms with Crippen LogP contribution in [0.25, 0.3) is 11.2 Å². The molecule has 196 valence electrons. The molecule has 2 saturated heterocycles. The summed E-state index contributed by atoms with van der Waals surface area (Å²) in [7, 11) is -5.43. The molecule has 13 heteroatoms. The lowest BCUT2D eigenvalue weighted by molar-refractivity contribution is -0.0544. The number of nitrogen functional groups attached to an aromatic ring is 2. The zero-order valence-corrected chi connectivity index (χ0v) is 24.8. The zero-order chi connectivity index (χ0) is 25.9. The SMILES string of the molecule is CC(C)[Si]1(C(C)C)OC[C@H]2O[C@@H](n3cnc4c(N)nc(N)nc43)[C@@H](S)[C@@H]2O[Si](C(C)C)(C(C)C)O1. The summed E-state index contributed by atoms with van der Waals surface area (Å²) in [6.07, 6.45) is 0.527. The van der Waals surface area contributed by atoms with Gasteiger partial charge in [-0.1, -0.05) is 55.4 Å². The van der Waals surface area contributed by atoms with Crippen LogP contribution in [0.5, 0.6) is 0 Å². The van der Waals surface area contributed by atoms with Crippen molar-refractivity contribution in [3.8, 4) is 0 Å². The number of hydrogen-bond acceptors (Lipinski definition) is 10. The molecule has 2 fully saturated rings. The number of thiol groups is 1.